The van der Waals surface area contributed by atoms with Crippen molar-refractivity contribution < 1.29 is 49.3 Å². The maximum Gasteiger partial charge on any atom is 0.250 e. The van der Waals surface area contributed by atoms with Crippen LogP contribution in [0.15, 0.2) is 59.1 Å². The van der Waals surface area contributed by atoms with Gasteiger partial charge >= 0.3 is 0 Å². The van der Waals surface area contributed by atoms with Crippen LogP contribution in [0.1, 0.15) is 5.56 Å². The van der Waals surface area contributed by atoms with Crippen LogP contribution in [-0.2, 0) is 21.1 Å². The summed E-state index contributed by atoms with van der Waals surface area (Å²) in [6, 6.07) is 10.0. The minimum absolute atomic E-state index is 0.171. The highest BCUT2D eigenvalue weighted by atomic mass is 32.2. The molecular formula is C23H16F4N3O6PS2. The van der Waals surface area contributed by atoms with Gasteiger partial charge in [0.2, 0.25) is 5.82 Å². The number of hydrogen-bond acceptors (Lipinski definition) is 8. The predicted molar refractivity (Wildman–Crippen MR) is 128 cm³/mol. The Bertz CT molecular complexity index is 1750. The average molecular weight is 601 g/mol. The van der Waals surface area contributed by atoms with E-state index in [4.69, 9.17) is 10.00 Å². The van der Waals surface area contributed by atoms with Gasteiger partial charge in [0.15, 0.2) is 43.9 Å². The maximum atomic E-state index is 15.0. The first-order chi connectivity index (χ1) is 18.4. The predicted octanol–water partition coefficient (Wildman–Crippen LogP) is 3.56. The van der Waals surface area contributed by atoms with Crippen LogP contribution >= 0.6 is 18.9 Å². The first-order valence-electron chi connectivity index (χ1n) is 10.8. The Morgan fingerprint density at radius 1 is 1.08 bits per heavy atom. The Hall–Kier alpha value is -3.54. The number of ether oxygens (including phenoxy) is 1. The molecule has 0 aliphatic rings. The molecule has 0 fully saturated rings. The SMILES string of the molecule is N#Cc1ccc(OP(=O)([O-])CNS(=O)(=O)c2cc3c(F)c(OCC[n+]4ccccc4)c(F)c(F)c3s2)cc1F. The van der Waals surface area contributed by atoms with E-state index in [0.29, 0.717) is 12.1 Å². The molecule has 1 unspecified atom stereocenters. The van der Waals surface area contributed by atoms with Crippen LogP contribution in [0.5, 0.6) is 11.5 Å². The number of rotatable bonds is 10. The average Bonchev–Trinajstić information content (AvgIpc) is 3.36. The van der Waals surface area contributed by atoms with Crippen LogP contribution in [0.3, 0.4) is 0 Å². The summed E-state index contributed by atoms with van der Waals surface area (Å²) in [7, 11) is -9.68. The van der Waals surface area contributed by atoms with Gasteiger partial charge in [-0.2, -0.15) is 9.65 Å². The number of halogens is 4. The van der Waals surface area contributed by atoms with Gasteiger partial charge in [0.1, 0.15) is 28.5 Å². The second-order valence-electron chi connectivity index (χ2n) is 7.80. The van der Waals surface area contributed by atoms with Crippen LogP contribution in [0.25, 0.3) is 10.1 Å². The van der Waals surface area contributed by atoms with E-state index in [2.05, 4.69) is 4.52 Å². The minimum atomic E-state index is -5.00. The van der Waals surface area contributed by atoms with Crippen molar-refractivity contribution in [2.24, 2.45) is 0 Å². The molecule has 0 amide bonds. The van der Waals surface area contributed by atoms with Crippen LogP contribution < -0.4 is 23.4 Å². The van der Waals surface area contributed by atoms with Gasteiger partial charge in [0.05, 0.1) is 16.5 Å². The summed E-state index contributed by atoms with van der Waals surface area (Å²) in [5.74, 6) is -7.12. The molecule has 9 nitrogen and oxygen atoms in total. The van der Waals surface area contributed by atoms with E-state index in [1.165, 1.54) is 6.07 Å². The second kappa shape index (κ2) is 11.3. The van der Waals surface area contributed by atoms with E-state index in [0.717, 1.165) is 12.1 Å². The van der Waals surface area contributed by atoms with Crippen molar-refractivity contribution in [3.63, 3.8) is 0 Å². The van der Waals surface area contributed by atoms with E-state index in [9.17, 15) is 31.0 Å². The highest BCUT2D eigenvalue weighted by Crippen LogP contribution is 2.41. The normalized spacial score (nSPS) is 13.1. The molecule has 2 aromatic heterocycles. The lowest BCUT2D eigenvalue weighted by Gasteiger charge is -2.24. The molecule has 0 saturated carbocycles. The van der Waals surface area contributed by atoms with E-state index in [1.54, 1.807) is 39.9 Å². The number of nitrogens with one attached hydrogen (secondary N) is 1. The Morgan fingerprint density at radius 2 is 1.79 bits per heavy atom. The molecule has 1 atom stereocenters. The summed E-state index contributed by atoms with van der Waals surface area (Å²) in [6.07, 6.45) is 2.05. The lowest BCUT2D eigenvalue weighted by molar-refractivity contribution is -0.697. The van der Waals surface area contributed by atoms with E-state index >= 15 is 4.39 Å². The fourth-order valence-corrected chi connectivity index (χ4v) is 7.19. The number of fused-ring (bicyclic) bond motifs is 1. The fraction of sp³-hybridized carbons (Fsp3) is 0.130. The summed E-state index contributed by atoms with van der Waals surface area (Å²) < 4.78 is 107. The number of hydrogen-bond donors (Lipinski definition) is 1. The molecule has 1 N–H and O–H groups in total. The summed E-state index contributed by atoms with van der Waals surface area (Å²) in [5.41, 5.74) is -0.368. The lowest BCUT2D eigenvalue weighted by atomic mass is 10.2. The van der Waals surface area contributed by atoms with Crippen molar-refractivity contribution >= 4 is 39.0 Å². The van der Waals surface area contributed by atoms with Crippen LogP contribution in [0.4, 0.5) is 17.6 Å². The maximum absolute atomic E-state index is 15.0. The molecule has 0 aliphatic heterocycles. The number of benzene rings is 2. The molecule has 2 heterocycles. The zero-order valence-corrected chi connectivity index (χ0v) is 22.0. The number of nitriles is 1. The van der Waals surface area contributed by atoms with Crippen molar-refractivity contribution in [3.8, 4) is 17.6 Å². The van der Waals surface area contributed by atoms with Gasteiger partial charge in [-0.1, -0.05) is 6.07 Å². The van der Waals surface area contributed by atoms with Crippen molar-refractivity contribution in [1.82, 2.24) is 4.72 Å². The molecule has 0 bridgehead atoms. The van der Waals surface area contributed by atoms with Crippen LogP contribution in [0, 0.1) is 34.6 Å². The first-order valence-corrected chi connectivity index (χ1v) is 14.8. The van der Waals surface area contributed by atoms with Crippen molar-refractivity contribution in [2.45, 2.75) is 10.8 Å². The molecule has 39 heavy (non-hydrogen) atoms. The van der Waals surface area contributed by atoms with Crippen molar-refractivity contribution in [3.05, 3.63) is 83.7 Å². The molecule has 2 aromatic carbocycles. The summed E-state index contributed by atoms with van der Waals surface area (Å²) >= 11 is 0.171. The van der Waals surface area contributed by atoms with E-state index < -0.39 is 73.0 Å². The molecule has 16 heteroatoms. The van der Waals surface area contributed by atoms with Crippen molar-refractivity contribution in [2.75, 3.05) is 12.9 Å². The molecule has 0 radical (unpaired) electrons. The van der Waals surface area contributed by atoms with Crippen LogP contribution in [0.2, 0.25) is 0 Å². The summed E-state index contributed by atoms with van der Waals surface area (Å²) in [5, 5.41) is 8.14. The standard InChI is InChI=1S/C23H16F4N3O6PS2/c24-17-10-15(5-4-14(17)12-28)36-37(31,32)13-29-39(33,34)18-11-16-19(25)22(20(26)21(27)23(16)38-18)35-9-8-30-6-2-1-3-7-30/h1-7,10-11,29H,8-9,13H2. The number of sulfonamides is 1. The molecule has 0 saturated heterocycles. The zero-order valence-electron chi connectivity index (χ0n) is 19.4. The fourth-order valence-electron chi connectivity index (χ4n) is 3.28. The highest BCUT2D eigenvalue weighted by molar-refractivity contribution is 7.92. The van der Waals surface area contributed by atoms with E-state index in [-0.39, 0.29) is 30.1 Å². The monoisotopic (exact) mass is 601 g/mol. The van der Waals surface area contributed by atoms with Crippen LogP contribution in [-0.4, -0.2) is 21.3 Å². The third-order valence-electron chi connectivity index (χ3n) is 5.13. The largest absolute Gasteiger partial charge is 0.768 e. The Balaban J connectivity index is 1.52. The Morgan fingerprint density at radius 3 is 2.46 bits per heavy atom. The van der Waals surface area contributed by atoms with Gasteiger partial charge in [0.25, 0.3) is 10.0 Å². The molecule has 4 aromatic rings. The van der Waals surface area contributed by atoms with Crippen molar-refractivity contribution in [1.29, 1.82) is 5.26 Å². The summed E-state index contributed by atoms with van der Waals surface area (Å²) in [6.45, 7) is -0.0504. The minimum Gasteiger partial charge on any atom is -0.768 e. The Labute approximate surface area is 223 Å². The third-order valence-corrected chi connectivity index (χ3v) is 9.38. The molecule has 0 aliphatic carbocycles. The molecular weight excluding hydrogens is 585 g/mol. The first kappa shape index (κ1) is 28.5. The third kappa shape index (κ3) is 6.38. The highest BCUT2D eigenvalue weighted by Gasteiger charge is 2.28. The number of aromatic nitrogens is 1. The topological polar surface area (TPSA) is 132 Å². The Kier molecular flexibility index (Phi) is 8.24. The van der Waals surface area contributed by atoms with Gasteiger partial charge < -0.3 is 14.2 Å². The van der Waals surface area contributed by atoms with Gasteiger partial charge in [-0.3, -0.25) is 4.57 Å². The molecule has 204 valence electrons. The number of pyridine rings is 1. The zero-order chi connectivity index (χ0) is 28.4. The van der Waals surface area contributed by atoms with Gasteiger partial charge in [-0.25, -0.2) is 30.9 Å². The lowest BCUT2D eigenvalue weighted by Crippen LogP contribution is -2.35. The number of nitrogens with zero attached hydrogens (tertiary/aromatic N) is 2. The number of thiophene rings is 1. The molecule has 0 spiro atoms. The van der Waals surface area contributed by atoms with Gasteiger partial charge in [-0.05, 0) is 18.2 Å². The quantitative estimate of drug-likeness (QED) is 0.127. The molecule has 4 rings (SSSR count). The smallest absolute Gasteiger partial charge is 0.250 e. The van der Waals surface area contributed by atoms with Gasteiger partial charge in [-0.15, -0.1) is 11.3 Å². The van der Waals surface area contributed by atoms with E-state index in [1.807, 2.05) is 0 Å². The second-order valence-corrected chi connectivity index (χ2v) is 12.6. The van der Waals surface area contributed by atoms with Gasteiger partial charge in [0, 0.05) is 23.6 Å². The summed E-state index contributed by atoms with van der Waals surface area (Å²) in [4.78, 5) is 12.2.